The second kappa shape index (κ2) is 14.3. The van der Waals surface area contributed by atoms with Gasteiger partial charge in [-0.05, 0) is 80.6 Å². The van der Waals surface area contributed by atoms with Gasteiger partial charge in [0.2, 0.25) is 5.91 Å². The molecule has 0 radical (unpaired) electrons. The first-order valence-electron chi connectivity index (χ1n) is 12.7. The number of ether oxygens (including phenoxy) is 3. The Bertz CT molecular complexity index is 1170. The molecule has 8 nitrogen and oxygen atoms in total. The SMILES string of the molecule is CCOc1ccc(NC(=O)N(CC(=O)N(CCc2ccc(OC)c(OC)c2)Cc2cccs2)C(C)C)cc1. The van der Waals surface area contributed by atoms with E-state index in [1.54, 1.807) is 54.7 Å². The quantitative estimate of drug-likeness (QED) is 0.302. The summed E-state index contributed by atoms with van der Waals surface area (Å²) in [6, 6.07) is 16.4. The minimum absolute atomic E-state index is 0.0299. The predicted octanol–water partition coefficient (Wildman–Crippen LogP) is 5.68. The standard InChI is InChI=1S/C29H37N3O5S/c1-6-37-24-12-10-23(11-13-24)30-29(34)32(21(2)3)20-28(33)31(19-25-8-7-17-38-25)16-15-22-9-14-26(35-4)27(18-22)36-5/h7-14,17-18,21H,6,15-16,19-20H2,1-5H3,(H,30,34). The van der Waals surface area contributed by atoms with Gasteiger partial charge in [0.15, 0.2) is 11.5 Å². The Morgan fingerprint density at radius 1 is 1.00 bits per heavy atom. The number of hydrogen-bond acceptors (Lipinski definition) is 6. The highest BCUT2D eigenvalue weighted by molar-refractivity contribution is 7.09. The Labute approximate surface area is 229 Å². The van der Waals surface area contributed by atoms with Gasteiger partial charge in [0.1, 0.15) is 12.3 Å². The van der Waals surface area contributed by atoms with Crippen molar-refractivity contribution >= 4 is 29.0 Å². The lowest BCUT2D eigenvalue weighted by Gasteiger charge is -2.30. The average molecular weight is 540 g/mol. The minimum atomic E-state index is -0.325. The molecule has 0 aliphatic rings. The summed E-state index contributed by atoms with van der Waals surface area (Å²) in [5, 5.41) is 4.90. The van der Waals surface area contributed by atoms with Crippen molar-refractivity contribution in [2.24, 2.45) is 0 Å². The average Bonchev–Trinajstić information content (AvgIpc) is 3.43. The minimum Gasteiger partial charge on any atom is -0.494 e. The van der Waals surface area contributed by atoms with Crippen molar-refractivity contribution in [2.45, 2.75) is 39.8 Å². The molecule has 2 aromatic carbocycles. The summed E-state index contributed by atoms with van der Waals surface area (Å²) in [6.45, 7) is 7.25. The fourth-order valence-corrected chi connectivity index (χ4v) is 4.63. The molecule has 0 aliphatic carbocycles. The molecule has 0 spiro atoms. The fraction of sp³-hybridized carbons (Fsp3) is 0.379. The van der Waals surface area contributed by atoms with E-state index in [-0.39, 0.29) is 24.5 Å². The van der Waals surface area contributed by atoms with E-state index in [1.807, 2.05) is 61.4 Å². The van der Waals surface area contributed by atoms with Crippen molar-refractivity contribution in [3.05, 3.63) is 70.4 Å². The number of thiophene rings is 1. The summed E-state index contributed by atoms with van der Waals surface area (Å²) in [7, 11) is 3.21. The molecule has 0 unspecified atom stereocenters. The summed E-state index contributed by atoms with van der Waals surface area (Å²) in [6.07, 6.45) is 0.636. The monoisotopic (exact) mass is 539 g/mol. The van der Waals surface area contributed by atoms with Crippen LogP contribution < -0.4 is 19.5 Å². The van der Waals surface area contributed by atoms with E-state index in [9.17, 15) is 9.59 Å². The van der Waals surface area contributed by atoms with E-state index in [0.717, 1.165) is 16.2 Å². The Balaban J connectivity index is 1.71. The van der Waals surface area contributed by atoms with Crippen molar-refractivity contribution in [2.75, 3.05) is 39.2 Å². The maximum atomic E-state index is 13.6. The van der Waals surface area contributed by atoms with Crippen molar-refractivity contribution in [3.63, 3.8) is 0 Å². The van der Waals surface area contributed by atoms with Crippen LogP contribution in [0.5, 0.6) is 17.2 Å². The van der Waals surface area contributed by atoms with E-state index in [4.69, 9.17) is 14.2 Å². The zero-order chi connectivity index (χ0) is 27.5. The number of carbonyl (C=O) groups excluding carboxylic acids is 2. The van der Waals surface area contributed by atoms with Crippen LogP contribution in [0.4, 0.5) is 10.5 Å². The molecular formula is C29H37N3O5S. The molecule has 0 saturated heterocycles. The van der Waals surface area contributed by atoms with E-state index >= 15 is 0 Å². The van der Waals surface area contributed by atoms with Gasteiger partial charge in [-0.15, -0.1) is 11.3 Å². The number of rotatable bonds is 13. The molecule has 3 rings (SSSR count). The Morgan fingerprint density at radius 2 is 1.74 bits per heavy atom. The number of carbonyl (C=O) groups is 2. The zero-order valence-electron chi connectivity index (χ0n) is 22.7. The third-order valence-electron chi connectivity index (χ3n) is 6.00. The molecule has 1 heterocycles. The molecule has 9 heteroatoms. The van der Waals surface area contributed by atoms with Gasteiger partial charge < -0.3 is 29.3 Å². The van der Waals surface area contributed by atoms with Gasteiger partial charge in [0.05, 0.1) is 27.4 Å². The van der Waals surface area contributed by atoms with E-state index in [0.29, 0.717) is 43.3 Å². The third kappa shape index (κ3) is 8.14. The Kier molecular flexibility index (Phi) is 10.8. The molecule has 3 aromatic rings. The van der Waals surface area contributed by atoms with E-state index in [1.165, 1.54) is 0 Å². The van der Waals surface area contributed by atoms with Gasteiger partial charge >= 0.3 is 6.03 Å². The number of anilines is 1. The zero-order valence-corrected chi connectivity index (χ0v) is 23.5. The lowest BCUT2D eigenvalue weighted by atomic mass is 10.1. The van der Waals surface area contributed by atoms with E-state index in [2.05, 4.69) is 5.32 Å². The van der Waals surface area contributed by atoms with Crippen LogP contribution in [0.3, 0.4) is 0 Å². The van der Waals surface area contributed by atoms with Crippen LogP contribution >= 0.6 is 11.3 Å². The molecule has 38 heavy (non-hydrogen) atoms. The van der Waals surface area contributed by atoms with E-state index < -0.39 is 0 Å². The first-order valence-corrected chi connectivity index (χ1v) is 13.5. The number of nitrogens with zero attached hydrogens (tertiary/aromatic N) is 2. The normalized spacial score (nSPS) is 10.7. The van der Waals surface area contributed by atoms with Crippen molar-refractivity contribution < 1.29 is 23.8 Å². The summed E-state index contributed by atoms with van der Waals surface area (Å²) < 4.78 is 16.2. The number of hydrogen-bond donors (Lipinski definition) is 1. The Morgan fingerprint density at radius 3 is 2.34 bits per heavy atom. The van der Waals surface area contributed by atoms with Crippen LogP contribution in [-0.2, 0) is 17.8 Å². The van der Waals surface area contributed by atoms with Crippen LogP contribution in [0, 0.1) is 0 Å². The molecule has 1 aromatic heterocycles. The highest BCUT2D eigenvalue weighted by Gasteiger charge is 2.24. The number of nitrogens with one attached hydrogen (secondary N) is 1. The van der Waals surface area contributed by atoms with Gasteiger partial charge in [0.25, 0.3) is 0 Å². The fourth-order valence-electron chi connectivity index (χ4n) is 3.91. The second-order valence-electron chi connectivity index (χ2n) is 8.94. The van der Waals surface area contributed by atoms with Crippen molar-refractivity contribution in [1.82, 2.24) is 9.80 Å². The van der Waals surface area contributed by atoms with Crippen LogP contribution in [0.25, 0.3) is 0 Å². The molecule has 0 saturated carbocycles. The van der Waals surface area contributed by atoms with Gasteiger partial charge in [-0.2, -0.15) is 0 Å². The molecule has 204 valence electrons. The summed E-state index contributed by atoms with van der Waals surface area (Å²) in [5.74, 6) is 1.93. The van der Waals surface area contributed by atoms with Crippen LogP contribution in [0.1, 0.15) is 31.2 Å². The predicted molar refractivity (Wildman–Crippen MR) is 151 cm³/mol. The molecule has 3 amide bonds. The molecule has 1 N–H and O–H groups in total. The molecule has 0 atom stereocenters. The first kappa shape index (κ1) is 28.8. The lowest BCUT2D eigenvalue weighted by Crippen LogP contribution is -2.47. The van der Waals surface area contributed by atoms with Gasteiger partial charge in [-0.25, -0.2) is 4.79 Å². The highest BCUT2D eigenvalue weighted by atomic mass is 32.1. The smallest absolute Gasteiger partial charge is 0.322 e. The van der Waals surface area contributed by atoms with Crippen molar-refractivity contribution in [3.8, 4) is 17.2 Å². The molecule has 0 fully saturated rings. The number of benzene rings is 2. The summed E-state index contributed by atoms with van der Waals surface area (Å²) in [4.78, 5) is 31.1. The van der Waals surface area contributed by atoms with Crippen LogP contribution in [0.15, 0.2) is 60.0 Å². The number of amides is 3. The topological polar surface area (TPSA) is 80.3 Å². The maximum absolute atomic E-state index is 13.6. The van der Waals surface area contributed by atoms with Gasteiger partial charge in [0, 0.05) is 23.2 Å². The largest absolute Gasteiger partial charge is 0.494 e. The van der Waals surface area contributed by atoms with Gasteiger partial charge in [-0.1, -0.05) is 12.1 Å². The maximum Gasteiger partial charge on any atom is 0.322 e. The van der Waals surface area contributed by atoms with Crippen LogP contribution in [0.2, 0.25) is 0 Å². The lowest BCUT2D eigenvalue weighted by molar-refractivity contribution is -0.132. The third-order valence-corrected chi connectivity index (χ3v) is 6.87. The summed E-state index contributed by atoms with van der Waals surface area (Å²) >= 11 is 1.61. The van der Waals surface area contributed by atoms with Crippen LogP contribution in [-0.4, -0.2) is 61.7 Å². The highest BCUT2D eigenvalue weighted by Crippen LogP contribution is 2.28. The molecule has 0 bridgehead atoms. The Hall–Kier alpha value is -3.72. The number of methoxy groups -OCH3 is 2. The number of urea groups is 1. The second-order valence-corrected chi connectivity index (χ2v) is 9.98. The molecular weight excluding hydrogens is 502 g/mol. The first-order chi connectivity index (χ1) is 18.3. The molecule has 0 aliphatic heterocycles. The van der Waals surface area contributed by atoms with Gasteiger partial charge in [-0.3, -0.25) is 4.79 Å². The summed E-state index contributed by atoms with van der Waals surface area (Å²) in [5.41, 5.74) is 1.67. The van der Waals surface area contributed by atoms with Crippen molar-refractivity contribution in [1.29, 1.82) is 0 Å².